The third-order valence-electron chi connectivity index (χ3n) is 3.40. The first kappa shape index (κ1) is 13.6. The normalized spacial score (nSPS) is 17.1. The molecule has 2 rings (SSSR count). The van der Waals surface area contributed by atoms with Crippen molar-refractivity contribution in [1.82, 2.24) is 15.1 Å². The van der Waals surface area contributed by atoms with Gasteiger partial charge >= 0.3 is 5.97 Å². The molecule has 0 unspecified atom stereocenters. The molecule has 2 N–H and O–H groups in total. The molecule has 0 bridgehead atoms. The van der Waals surface area contributed by atoms with E-state index in [4.69, 9.17) is 5.11 Å². The van der Waals surface area contributed by atoms with Gasteiger partial charge in [0.05, 0.1) is 17.3 Å². The van der Waals surface area contributed by atoms with Crippen LogP contribution in [0.3, 0.4) is 0 Å². The van der Waals surface area contributed by atoms with Gasteiger partial charge < -0.3 is 10.4 Å². The van der Waals surface area contributed by atoms with Crippen molar-refractivity contribution in [3.05, 3.63) is 17.5 Å². The van der Waals surface area contributed by atoms with Crippen LogP contribution in [0.15, 0.2) is 6.20 Å². The molecular formula is C13H19N3O3. The summed E-state index contributed by atoms with van der Waals surface area (Å²) >= 11 is 0. The van der Waals surface area contributed by atoms with Gasteiger partial charge in [0, 0.05) is 5.69 Å². The molecule has 1 heterocycles. The number of carbonyl (C=O) groups excluding carboxylic acids is 1. The van der Waals surface area contributed by atoms with Gasteiger partial charge in [0.15, 0.2) is 0 Å². The Kier molecular flexibility index (Phi) is 2.91. The fourth-order valence-corrected chi connectivity index (χ4v) is 2.11. The Hall–Kier alpha value is -1.85. The molecule has 19 heavy (non-hydrogen) atoms. The molecule has 1 saturated carbocycles. The highest BCUT2D eigenvalue weighted by atomic mass is 16.4. The second-order valence-electron chi connectivity index (χ2n) is 6.07. The number of hydrogen-bond donors (Lipinski definition) is 2. The number of aromatic nitrogens is 2. The molecule has 1 fully saturated rings. The minimum atomic E-state index is -1.06. The molecule has 0 atom stereocenters. The third kappa shape index (κ3) is 2.34. The van der Waals surface area contributed by atoms with Crippen LogP contribution in [0.2, 0.25) is 0 Å². The van der Waals surface area contributed by atoms with Crippen LogP contribution in [-0.4, -0.2) is 32.3 Å². The number of carbonyl (C=O) groups is 2. The fourth-order valence-electron chi connectivity index (χ4n) is 2.11. The molecule has 0 spiro atoms. The topological polar surface area (TPSA) is 84.2 Å². The van der Waals surface area contributed by atoms with Gasteiger partial charge in [0.1, 0.15) is 5.54 Å². The van der Waals surface area contributed by atoms with Gasteiger partial charge in [-0.2, -0.15) is 5.10 Å². The number of nitrogens with zero attached hydrogens (tertiary/aromatic N) is 2. The van der Waals surface area contributed by atoms with Crippen LogP contribution in [0, 0.1) is 6.92 Å². The zero-order valence-electron chi connectivity index (χ0n) is 11.6. The summed E-state index contributed by atoms with van der Waals surface area (Å²) in [7, 11) is 0. The van der Waals surface area contributed by atoms with Crippen molar-refractivity contribution in [3.8, 4) is 0 Å². The van der Waals surface area contributed by atoms with Crippen molar-refractivity contribution >= 4 is 11.9 Å². The lowest BCUT2D eigenvalue weighted by Crippen LogP contribution is -2.43. The molecule has 1 aliphatic rings. The third-order valence-corrected chi connectivity index (χ3v) is 3.40. The van der Waals surface area contributed by atoms with Crippen molar-refractivity contribution in [1.29, 1.82) is 0 Å². The molecule has 1 aromatic rings. The largest absolute Gasteiger partial charge is 0.480 e. The SMILES string of the molecule is Cc1c(C(=O)NC2(C(=O)O)CC2)cnn1C(C)(C)C. The summed E-state index contributed by atoms with van der Waals surface area (Å²) < 4.78 is 1.77. The lowest BCUT2D eigenvalue weighted by molar-refractivity contribution is -0.140. The Balaban J connectivity index is 2.22. The summed E-state index contributed by atoms with van der Waals surface area (Å²) in [4.78, 5) is 23.2. The predicted octanol–water partition coefficient (Wildman–Crippen LogP) is 1.29. The van der Waals surface area contributed by atoms with E-state index in [1.807, 2.05) is 27.7 Å². The number of carboxylic acids is 1. The zero-order valence-corrected chi connectivity index (χ0v) is 11.6. The molecule has 1 amide bonds. The lowest BCUT2D eigenvalue weighted by atomic mass is 10.1. The van der Waals surface area contributed by atoms with E-state index in [0.29, 0.717) is 18.4 Å². The molecule has 104 valence electrons. The van der Waals surface area contributed by atoms with Gasteiger partial charge in [-0.05, 0) is 40.5 Å². The Morgan fingerprint density at radius 2 is 2.00 bits per heavy atom. The highest BCUT2D eigenvalue weighted by Crippen LogP contribution is 2.36. The first-order valence-corrected chi connectivity index (χ1v) is 6.28. The minimum Gasteiger partial charge on any atom is -0.480 e. The molecule has 0 aliphatic heterocycles. The first-order chi connectivity index (χ1) is 8.67. The van der Waals surface area contributed by atoms with Crippen LogP contribution in [0.1, 0.15) is 49.7 Å². The lowest BCUT2D eigenvalue weighted by Gasteiger charge is -2.21. The van der Waals surface area contributed by atoms with E-state index in [9.17, 15) is 9.59 Å². The van der Waals surface area contributed by atoms with Crippen molar-refractivity contribution in [2.45, 2.75) is 51.6 Å². The summed E-state index contributed by atoms with van der Waals surface area (Å²) in [5.74, 6) is -1.34. The van der Waals surface area contributed by atoms with Gasteiger partial charge in [-0.1, -0.05) is 0 Å². The van der Waals surface area contributed by atoms with E-state index in [0.717, 1.165) is 5.69 Å². The number of carboxylic acid groups (broad SMARTS) is 1. The van der Waals surface area contributed by atoms with Gasteiger partial charge in [0.2, 0.25) is 0 Å². The van der Waals surface area contributed by atoms with E-state index in [1.165, 1.54) is 6.20 Å². The molecule has 6 nitrogen and oxygen atoms in total. The number of nitrogens with one attached hydrogen (secondary N) is 1. The molecule has 6 heteroatoms. The highest BCUT2D eigenvalue weighted by Gasteiger charge is 2.51. The molecule has 0 saturated heterocycles. The second-order valence-corrected chi connectivity index (χ2v) is 6.07. The first-order valence-electron chi connectivity index (χ1n) is 6.28. The van der Waals surface area contributed by atoms with E-state index in [-0.39, 0.29) is 11.4 Å². The number of aliphatic carboxylic acids is 1. The van der Waals surface area contributed by atoms with E-state index in [1.54, 1.807) is 4.68 Å². The molecule has 1 aliphatic carbocycles. The van der Waals surface area contributed by atoms with Crippen LogP contribution in [0.5, 0.6) is 0 Å². The maximum atomic E-state index is 12.1. The highest BCUT2D eigenvalue weighted by molar-refractivity contribution is 5.99. The summed E-state index contributed by atoms with van der Waals surface area (Å²) in [6.45, 7) is 7.80. The summed E-state index contributed by atoms with van der Waals surface area (Å²) in [5.41, 5.74) is -0.103. The van der Waals surface area contributed by atoms with Gasteiger partial charge in [-0.15, -0.1) is 0 Å². The standard InChI is InChI=1S/C13H19N3O3/c1-8-9(7-14-16(8)12(2,3)4)10(17)15-13(5-6-13)11(18)19/h7H,5-6H2,1-4H3,(H,15,17)(H,18,19). The van der Waals surface area contributed by atoms with Crippen LogP contribution < -0.4 is 5.32 Å². The van der Waals surface area contributed by atoms with E-state index >= 15 is 0 Å². The van der Waals surface area contributed by atoms with Gasteiger partial charge in [-0.25, -0.2) is 4.79 Å². The maximum absolute atomic E-state index is 12.1. The van der Waals surface area contributed by atoms with Crippen molar-refractivity contribution in [2.75, 3.05) is 0 Å². The maximum Gasteiger partial charge on any atom is 0.329 e. The summed E-state index contributed by atoms with van der Waals surface area (Å²) in [5, 5.41) is 15.9. The van der Waals surface area contributed by atoms with Crippen LogP contribution in [0.4, 0.5) is 0 Å². The summed E-state index contributed by atoms with van der Waals surface area (Å²) in [6.07, 6.45) is 2.47. The second kappa shape index (κ2) is 4.08. The number of rotatable bonds is 3. The van der Waals surface area contributed by atoms with Crippen LogP contribution in [0.25, 0.3) is 0 Å². The molecular weight excluding hydrogens is 246 g/mol. The molecule has 0 aromatic carbocycles. The minimum absolute atomic E-state index is 0.216. The van der Waals surface area contributed by atoms with Gasteiger partial charge in [0.25, 0.3) is 5.91 Å². The number of amides is 1. The molecule has 0 radical (unpaired) electrons. The Morgan fingerprint density at radius 1 is 1.42 bits per heavy atom. The smallest absolute Gasteiger partial charge is 0.329 e. The van der Waals surface area contributed by atoms with Crippen molar-refractivity contribution in [2.24, 2.45) is 0 Å². The summed E-state index contributed by atoms with van der Waals surface area (Å²) in [6, 6.07) is 0. The van der Waals surface area contributed by atoms with Crippen LogP contribution in [-0.2, 0) is 10.3 Å². The van der Waals surface area contributed by atoms with Crippen molar-refractivity contribution in [3.63, 3.8) is 0 Å². The van der Waals surface area contributed by atoms with E-state index < -0.39 is 11.5 Å². The van der Waals surface area contributed by atoms with E-state index in [2.05, 4.69) is 10.4 Å². The average Bonchev–Trinajstić information content (AvgIpc) is 2.92. The fraction of sp³-hybridized carbons (Fsp3) is 0.615. The Bertz CT molecular complexity index is 536. The Labute approximate surface area is 111 Å². The Morgan fingerprint density at radius 3 is 2.37 bits per heavy atom. The molecule has 1 aromatic heterocycles. The van der Waals surface area contributed by atoms with Crippen LogP contribution >= 0.6 is 0 Å². The van der Waals surface area contributed by atoms with Gasteiger partial charge in [-0.3, -0.25) is 9.48 Å². The quantitative estimate of drug-likeness (QED) is 0.862. The predicted molar refractivity (Wildman–Crippen MR) is 69.0 cm³/mol. The monoisotopic (exact) mass is 265 g/mol. The van der Waals surface area contributed by atoms with Crippen molar-refractivity contribution < 1.29 is 14.7 Å². The average molecular weight is 265 g/mol. The number of hydrogen-bond acceptors (Lipinski definition) is 3. The zero-order chi connectivity index (χ0) is 14.4.